The Morgan fingerprint density at radius 2 is 2.08 bits per heavy atom. The number of ether oxygens (including phenoxy) is 1. The highest BCUT2D eigenvalue weighted by Crippen LogP contribution is 2.29. The lowest BCUT2D eigenvalue weighted by Crippen LogP contribution is -2.51. The molecule has 0 unspecified atom stereocenters. The largest absolute Gasteiger partial charge is 0.381 e. The lowest BCUT2D eigenvalue weighted by molar-refractivity contribution is 0.0451. The van der Waals surface area contributed by atoms with Crippen molar-refractivity contribution in [2.24, 2.45) is 13.0 Å². The van der Waals surface area contributed by atoms with Gasteiger partial charge in [-0.1, -0.05) is 0 Å². The maximum atomic E-state index is 12.5. The molecule has 4 rings (SSSR count). The first-order chi connectivity index (χ1) is 12.1. The zero-order valence-corrected chi connectivity index (χ0v) is 15.0. The Morgan fingerprint density at radius 1 is 1.32 bits per heavy atom. The lowest BCUT2D eigenvalue weighted by Gasteiger charge is -2.40. The number of carbonyl (C=O) groups excluding carboxylic acids is 1. The van der Waals surface area contributed by atoms with Crippen LogP contribution in [0.25, 0.3) is 0 Å². The predicted octanol–water partition coefficient (Wildman–Crippen LogP) is 2.20. The molecule has 2 aromatic rings. The van der Waals surface area contributed by atoms with Gasteiger partial charge in [0.2, 0.25) is 0 Å². The zero-order valence-electron chi connectivity index (χ0n) is 15.0. The molecule has 6 heteroatoms. The zero-order chi connectivity index (χ0) is 17.4. The van der Waals surface area contributed by atoms with Crippen molar-refractivity contribution >= 4 is 5.91 Å². The van der Waals surface area contributed by atoms with Crippen LogP contribution in [0.4, 0.5) is 0 Å². The Labute approximate surface area is 148 Å². The molecule has 0 aromatic carbocycles. The molecule has 0 saturated carbocycles. The average Bonchev–Trinajstić information content (AvgIpc) is 3.17. The number of nitrogens with zero attached hydrogens (tertiary/aromatic N) is 4. The second-order valence-electron chi connectivity index (χ2n) is 7.34. The number of likely N-dealkylation sites (tertiary alicyclic amines) is 1. The molecule has 1 amide bonds. The van der Waals surface area contributed by atoms with E-state index in [0.29, 0.717) is 11.8 Å². The molecule has 6 nitrogen and oxygen atoms in total. The minimum absolute atomic E-state index is 0.135. The van der Waals surface area contributed by atoms with E-state index in [9.17, 15) is 4.79 Å². The maximum Gasteiger partial charge on any atom is 0.270 e. The molecule has 0 N–H and O–H groups in total. The van der Waals surface area contributed by atoms with Crippen LogP contribution >= 0.6 is 0 Å². The van der Waals surface area contributed by atoms with Gasteiger partial charge in [0, 0.05) is 69.8 Å². The second-order valence-corrected chi connectivity index (χ2v) is 7.34. The molecule has 0 atom stereocenters. The van der Waals surface area contributed by atoms with Gasteiger partial charge >= 0.3 is 0 Å². The third-order valence-electron chi connectivity index (χ3n) is 5.52. The summed E-state index contributed by atoms with van der Waals surface area (Å²) in [7, 11) is 1.92. The lowest BCUT2D eigenvalue weighted by atomic mass is 9.97. The molecular formula is C19H26N4O2. The van der Waals surface area contributed by atoms with E-state index in [4.69, 9.17) is 4.74 Å². The van der Waals surface area contributed by atoms with E-state index in [1.807, 2.05) is 41.0 Å². The van der Waals surface area contributed by atoms with Crippen LogP contribution in [0.3, 0.4) is 0 Å². The molecule has 134 valence electrons. The van der Waals surface area contributed by atoms with E-state index < -0.39 is 0 Å². The molecule has 25 heavy (non-hydrogen) atoms. The average molecular weight is 342 g/mol. The summed E-state index contributed by atoms with van der Waals surface area (Å²) >= 11 is 0. The van der Waals surface area contributed by atoms with E-state index in [2.05, 4.69) is 16.5 Å². The van der Waals surface area contributed by atoms with Gasteiger partial charge in [0.15, 0.2) is 0 Å². The van der Waals surface area contributed by atoms with Gasteiger partial charge in [0.05, 0.1) is 0 Å². The highest BCUT2D eigenvalue weighted by atomic mass is 16.5. The Kier molecular flexibility index (Phi) is 4.37. The summed E-state index contributed by atoms with van der Waals surface area (Å²) in [5.74, 6) is 2.35. The van der Waals surface area contributed by atoms with E-state index in [1.165, 1.54) is 11.5 Å². The molecular weight excluding hydrogens is 316 g/mol. The summed E-state index contributed by atoms with van der Waals surface area (Å²) in [6.07, 6.45) is 6.01. The molecule has 2 aliphatic heterocycles. The number of amides is 1. The fraction of sp³-hybridized carbons (Fsp3) is 0.579. The topological polar surface area (TPSA) is 52.3 Å². The van der Waals surface area contributed by atoms with Crippen molar-refractivity contribution in [2.75, 3.05) is 26.3 Å². The van der Waals surface area contributed by atoms with Gasteiger partial charge in [-0.15, -0.1) is 0 Å². The van der Waals surface area contributed by atoms with Gasteiger partial charge in [-0.3, -0.25) is 4.79 Å². The highest BCUT2D eigenvalue weighted by Gasteiger charge is 2.33. The number of carbonyl (C=O) groups is 1. The van der Waals surface area contributed by atoms with Crippen LogP contribution in [-0.2, 0) is 18.3 Å². The van der Waals surface area contributed by atoms with E-state index >= 15 is 0 Å². The van der Waals surface area contributed by atoms with Crippen molar-refractivity contribution in [3.8, 4) is 0 Å². The van der Waals surface area contributed by atoms with Crippen LogP contribution in [0.15, 0.2) is 24.5 Å². The standard InChI is InChI=1S/C19H26N4O2/c1-14-10-20-18(16-5-8-25-9-6-16)23(14)13-15-11-22(12-15)19(24)17-4-3-7-21(17)2/h3-4,7,10,15-16H,5-6,8-9,11-13H2,1-2H3. The molecule has 0 aliphatic carbocycles. The van der Waals surface area contributed by atoms with Crippen LogP contribution in [0.1, 0.15) is 40.8 Å². The van der Waals surface area contributed by atoms with Crippen LogP contribution in [0.5, 0.6) is 0 Å². The first-order valence-electron chi connectivity index (χ1n) is 9.14. The maximum absolute atomic E-state index is 12.5. The summed E-state index contributed by atoms with van der Waals surface area (Å²) in [4.78, 5) is 19.1. The van der Waals surface area contributed by atoms with Crippen molar-refractivity contribution in [1.29, 1.82) is 0 Å². The third kappa shape index (κ3) is 3.11. The first-order valence-corrected chi connectivity index (χ1v) is 9.14. The number of imidazole rings is 1. The smallest absolute Gasteiger partial charge is 0.270 e. The van der Waals surface area contributed by atoms with Crippen molar-refractivity contribution in [3.63, 3.8) is 0 Å². The first kappa shape index (κ1) is 16.4. The van der Waals surface area contributed by atoms with Gasteiger partial charge in [-0.25, -0.2) is 4.98 Å². The molecule has 0 radical (unpaired) electrons. The number of hydrogen-bond acceptors (Lipinski definition) is 3. The summed E-state index contributed by atoms with van der Waals surface area (Å²) in [5.41, 5.74) is 1.98. The molecule has 0 spiro atoms. The quantitative estimate of drug-likeness (QED) is 0.856. The van der Waals surface area contributed by atoms with E-state index in [-0.39, 0.29) is 5.91 Å². The van der Waals surface area contributed by atoms with Crippen LogP contribution in [0.2, 0.25) is 0 Å². The fourth-order valence-electron chi connectivity index (χ4n) is 3.95. The predicted molar refractivity (Wildman–Crippen MR) is 94.6 cm³/mol. The Morgan fingerprint density at radius 3 is 2.76 bits per heavy atom. The number of hydrogen-bond donors (Lipinski definition) is 0. The number of aromatic nitrogens is 3. The molecule has 2 aromatic heterocycles. The highest BCUT2D eigenvalue weighted by molar-refractivity contribution is 5.93. The van der Waals surface area contributed by atoms with Crippen LogP contribution in [-0.4, -0.2) is 51.2 Å². The molecule has 2 fully saturated rings. The third-order valence-corrected chi connectivity index (χ3v) is 5.52. The number of aryl methyl sites for hydroxylation is 2. The molecule has 0 bridgehead atoms. The van der Waals surface area contributed by atoms with E-state index in [0.717, 1.165) is 51.4 Å². The van der Waals surface area contributed by atoms with E-state index in [1.54, 1.807) is 0 Å². The van der Waals surface area contributed by atoms with Gasteiger partial charge < -0.3 is 18.8 Å². The minimum Gasteiger partial charge on any atom is -0.381 e. The molecule has 2 saturated heterocycles. The van der Waals surface area contributed by atoms with Gasteiger partial charge in [0.25, 0.3) is 5.91 Å². The normalized spacial score (nSPS) is 19.2. The van der Waals surface area contributed by atoms with Gasteiger partial charge in [-0.2, -0.15) is 0 Å². The fourth-order valence-corrected chi connectivity index (χ4v) is 3.95. The molecule has 2 aliphatic rings. The Balaban J connectivity index is 1.39. The van der Waals surface area contributed by atoms with Crippen molar-refractivity contribution in [2.45, 2.75) is 32.2 Å². The summed E-state index contributed by atoms with van der Waals surface area (Å²) in [5, 5.41) is 0. The summed E-state index contributed by atoms with van der Waals surface area (Å²) in [6.45, 7) is 6.40. The number of rotatable bonds is 4. The monoisotopic (exact) mass is 342 g/mol. The molecule has 4 heterocycles. The second kappa shape index (κ2) is 6.67. The van der Waals surface area contributed by atoms with Crippen molar-refractivity contribution < 1.29 is 9.53 Å². The Bertz CT molecular complexity index is 751. The van der Waals surface area contributed by atoms with Crippen LogP contribution < -0.4 is 0 Å². The summed E-state index contributed by atoms with van der Waals surface area (Å²) < 4.78 is 9.74. The SMILES string of the molecule is Cc1cnc(C2CCOCC2)n1CC1CN(C(=O)c2cccn2C)C1. The van der Waals surface area contributed by atoms with Gasteiger partial charge in [-0.05, 0) is 31.9 Å². The summed E-state index contributed by atoms with van der Waals surface area (Å²) in [6, 6.07) is 3.80. The minimum atomic E-state index is 0.135. The van der Waals surface area contributed by atoms with Crippen molar-refractivity contribution in [3.05, 3.63) is 41.7 Å². The van der Waals surface area contributed by atoms with Crippen LogP contribution in [0, 0.1) is 12.8 Å². The Hall–Kier alpha value is -2.08. The van der Waals surface area contributed by atoms with Crippen molar-refractivity contribution in [1.82, 2.24) is 19.0 Å². The van der Waals surface area contributed by atoms with Gasteiger partial charge in [0.1, 0.15) is 11.5 Å².